The number of nitrogens with zero attached hydrogens (tertiary/aromatic N) is 1. The molecule has 0 bridgehead atoms. The highest BCUT2D eigenvalue weighted by Gasteiger charge is 2.37. The summed E-state index contributed by atoms with van der Waals surface area (Å²) in [5.41, 5.74) is 0. The zero-order chi connectivity index (χ0) is 13.9. The molecular weight excluding hydrogens is 236 g/mol. The Kier molecular flexibility index (Phi) is 4.47. The van der Waals surface area contributed by atoms with Gasteiger partial charge in [-0.1, -0.05) is 6.92 Å². The zero-order valence-corrected chi connectivity index (χ0v) is 11.0. The van der Waals surface area contributed by atoms with E-state index >= 15 is 0 Å². The summed E-state index contributed by atoms with van der Waals surface area (Å²) in [5.74, 6) is -0.628. The van der Waals surface area contributed by atoms with E-state index in [0.717, 1.165) is 4.90 Å². The molecule has 18 heavy (non-hydrogen) atoms. The van der Waals surface area contributed by atoms with Gasteiger partial charge in [0.2, 0.25) is 5.91 Å². The normalized spacial score (nSPS) is 20.4. The predicted octanol–water partition coefficient (Wildman–Crippen LogP) is 0.189. The number of ether oxygens (including phenoxy) is 1. The van der Waals surface area contributed by atoms with E-state index in [2.05, 4.69) is 5.32 Å². The number of nitrogens with one attached hydrogen (secondary N) is 1. The van der Waals surface area contributed by atoms with Gasteiger partial charge < -0.3 is 10.1 Å². The van der Waals surface area contributed by atoms with Crippen LogP contribution in [0.5, 0.6) is 0 Å². The molecule has 0 aromatic carbocycles. The number of hydrogen-bond donors (Lipinski definition) is 1. The minimum absolute atomic E-state index is 0.227. The summed E-state index contributed by atoms with van der Waals surface area (Å²) in [6.07, 6.45) is 1.58. The number of amides is 3. The van der Waals surface area contributed by atoms with Crippen LogP contribution in [0.3, 0.4) is 0 Å². The van der Waals surface area contributed by atoms with Gasteiger partial charge in [0.1, 0.15) is 11.8 Å². The fourth-order valence-electron chi connectivity index (χ4n) is 1.77. The van der Waals surface area contributed by atoms with Crippen LogP contribution < -0.4 is 5.32 Å². The van der Waals surface area contributed by atoms with Gasteiger partial charge in [0.25, 0.3) is 11.8 Å². The van der Waals surface area contributed by atoms with Crippen molar-refractivity contribution < 1.29 is 19.1 Å². The Morgan fingerprint density at radius 3 is 2.61 bits per heavy atom. The molecule has 1 heterocycles. The second kappa shape index (κ2) is 5.66. The molecule has 100 valence electrons. The van der Waals surface area contributed by atoms with Crippen molar-refractivity contribution in [3.05, 3.63) is 11.8 Å². The van der Waals surface area contributed by atoms with E-state index < -0.39 is 23.9 Å². The molecule has 1 rings (SSSR count). The van der Waals surface area contributed by atoms with Crippen molar-refractivity contribution in [2.24, 2.45) is 0 Å². The van der Waals surface area contributed by atoms with Crippen molar-refractivity contribution in [1.82, 2.24) is 10.2 Å². The lowest BCUT2D eigenvalue weighted by molar-refractivity contribution is -0.145. The molecule has 3 amide bonds. The third-order valence-corrected chi connectivity index (χ3v) is 2.84. The van der Waals surface area contributed by atoms with Crippen molar-refractivity contribution in [2.75, 3.05) is 7.11 Å². The van der Waals surface area contributed by atoms with Crippen molar-refractivity contribution in [2.45, 2.75) is 39.3 Å². The molecule has 0 aromatic heterocycles. The molecule has 0 saturated heterocycles. The van der Waals surface area contributed by atoms with Crippen molar-refractivity contribution in [3.63, 3.8) is 0 Å². The highest BCUT2D eigenvalue weighted by Crippen LogP contribution is 2.20. The predicted molar refractivity (Wildman–Crippen MR) is 64.3 cm³/mol. The molecule has 6 heteroatoms. The van der Waals surface area contributed by atoms with Gasteiger partial charge in [-0.25, -0.2) is 0 Å². The molecule has 0 aromatic rings. The highest BCUT2D eigenvalue weighted by atomic mass is 16.5. The van der Waals surface area contributed by atoms with Gasteiger partial charge in [-0.15, -0.1) is 0 Å². The monoisotopic (exact) mass is 254 g/mol. The van der Waals surface area contributed by atoms with Crippen LogP contribution in [0.2, 0.25) is 0 Å². The Labute approximate surface area is 106 Å². The molecule has 1 N–H and O–H groups in total. The van der Waals surface area contributed by atoms with Gasteiger partial charge >= 0.3 is 0 Å². The largest absolute Gasteiger partial charge is 0.499 e. The Hall–Kier alpha value is -1.85. The van der Waals surface area contributed by atoms with Gasteiger partial charge in [0.15, 0.2) is 0 Å². The third kappa shape index (κ3) is 2.69. The maximum Gasteiger partial charge on any atom is 0.257 e. The van der Waals surface area contributed by atoms with E-state index in [1.807, 2.05) is 0 Å². The summed E-state index contributed by atoms with van der Waals surface area (Å²) in [5, 5.41) is 2.53. The molecular formula is C12H18N2O4. The molecule has 2 atom stereocenters. The summed E-state index contributed by atoms with van der Waals surface area (Å²) >= 11 is 0. The number of hydrogen-bond acceptors (Lipinski definition) is 4. The first-order chi connectivity index (χ1) is 8.42. The first-order valence-corrected chi connectivity index (χ1v) is 5.84. The topological polar surface area (TPSA) is 75.7 Å². The zero-order valence-electron chi connectivity index (χ0n) is 11.0. The standard InChI is InChI=1S/C12H18N2O4/c1-5-10(15)13-7(2)12(17)14-8(3)9(18-4)6-11(14)16/h6-8H,5H2,1-4H3,(H,13,15). The van der Waals surface area contributed by atoms with Gasteiger partial charge in [-0.05, 0) is 13.8 Å². The van der Waals surface area contributed by atoms with Crippen LogP contribution in [-0.4, -0.2) is 41.8 Å². The SMILES string of the molecule is CCC(=O)NC(C)C(=O)N1C(=O)C=C(OC)C1C. The van der Waals surface area contributed by atoms with Crippen molar-refractivity contribution in [3.8, 4) is 0 Å². The average Bonchev–Trinajstić information content (AvgIpc) is 2.63. The second-order valence-corrected chi connectivity index (χ2v) is 4.12. The quantitative estimate of drug-likeness (QED) is 0.777. The molecule has 2 unspecified atom stereocenters. The van der Waals surface area contributed by atoms with Crippen molar-refractivity contribution >= 4 is 17.7 Å². The van der Waals surface area contributed by atoms with Crippen LogP contribution in [-0.2, 0) is 19.1 Å². The number of imide groups is 1. The van der Waals surface area contributed by atoms with E-state index in [9.17, 15) is 14.4 Å². The summed E-state index contributed by atoms with van der Waals surface area (Å²) in [7, 11) is 1.45. The van der Waals surface area contributed by atoms with Crippen LogP contribution in [0.1, 0.15) is 27.2 Å². The maximum atomic E-state index is 12.1. The Bertz CT molecular complexity index is 403. The van der Waals surface area contributed by atoms with E-state index in [1.165, 1.54) is 13.2 Å². The van der Waals surface area contributed by atoms with Crippen LogP contribution in [0, 0.1) is 0 Å². The number of carbonyl (C=O) groups excluding carboxylic acids is 3. The van der Waals surface area contributed by atoms with E-state index in [0.29, 0.717) is 12.2 Å². The molecule has 1 aliphatic heterocycles. The lowest BCUT2D eigenvalue weighted by atomic mass is 10.2. The average molecular weight is 254 g/mol. The van der Waals surface area contributed by atoms with Gasteiger partial charge in [-0.3, -0.25) is 19.3 Å². The molecule has 0 radical (unpaired) electrons. The number of methoxy groups -OCH3 is 1. The van der Waals surface area contributed by atoms with Crippen LogP contribution in [0.4, 0.5) is 0 Å². The summed E-state index contributed by atoms with van der Waals surface area (Å²) in [4.78, 5) is 36.1. The fraction of sp³-hybridized carbons (Fsp3) is 0.583. The van der Waals surface area contributed by atoms with E-state index in [1.54, 1.807) is 20.8 Å². The minimum atomic E-state index is -0.728. The smallest absolute Gasteiger partial charge is 0.257 e. The van der Waals surface area contributed by atoms with Gasteiger partial charge in [-0.2, -0.15) is 0 Å². The third-order valence-electron chi connectivity index (χ3n) is 2.84. The Morgan fingerprint density at radius 1 is 1.56 bits per heavy atom. The number of carbonyl (C=O) groups is 3. The molecule has 0 fully saturated rings. The molecule has 6 nitrogen and oxygen atoms in total. The summed E-state index contributed by atoms with van der Waals surface area (Å²) in [6.45, 7) is 4.95. The maximum absolute atomic E-state index is 12.1. The molecule has 0 saturated carbocycles. The minimum Gasteiger partial charge on any atom is -0.499 e. The first-order valence-electron chi connectivity index (χ1n) is 5.84. The highest BCUT2D eigenvalue weighted by molar-refractivity contribution is 6.06. The van der Waals surface area contributed by atoms with E-state index in [4.69, 9.17) is 4.74 Å². The molecule has 0 aliphatic carbocycles. The fourth-order valence-corrected chi connectivity index (χ4v) is 1.77. The molecule has 0 spiro atoms. The lowest BCUT2D eigenvalue weighted by Crippen LogP contribution is -2.50. The van der Waals surface area contributed by atoms with Crippen molar-refractivity contribution in [1.29, 1.82) is 0 Å². The number of rotatable bonds is 4. The van der Waals surface area contributed by atoms with Crippen LogP contribution in [0.25, 0.3) is 0 Å². The first kappa shape index (κ1) is 14.2. The Morgan fingerprint density at radius 2 is 2.17 bits per heavy atom. The molecule has 1 aliphatic rings. The summed E-state index contributed by atoms with van der Waals surface area (Å²) in [6, 6.07) is -1.16. The van der Waals surface area contributed by atoms with Crippen LogP contribution >= 0.6 is 0 Å². The van der Waals surface area contributed by atoms with Crippen LogP contribution in [0.15, 0.2) is 11.8 Å². The second-order valence-electron chi connectivity index (χ2n) is 4.12. The Balaban J connectivity index is 2.74. The van der Waals surface area contributed by atoms with Gasteiger partial charge in [0, 0.05) is 12.5 Å². The van der Waals surface area contributed by atoms with E-state index in [-0.39, 0.29) is 5.91 Å². The lowest BCUT2D eigenvalue weighted by Gasteiger charge is -2.24. The van der Waals surface area contributed by atoms with Gasteiger partial charge in [0.05, 0.1) is 13.2 Å². The summed E-state index contributed by atoms with van der Waals surface area (Å²) < 4.78 is 5.02.